The van der Waals surface area contributed by atoms with Crippen LogP contribution >= 0.6 is 0 Å². The number of aromatic nitrogens is 1. The van der Waals surface area contributed by atoms with Crippen LogP contribution in [0.1, 0.15) is 68.1 Å². The molecule has 2 aliphatic heterocycles. The second kappa shape index (κ2) is 12.2. The number of nitrogens with one attached hydrogen (secondary N) is 2. The molecular weight excluding hydrogens is 500 g/mol. The van der Waals surface area contributed by atoms with E-state index in [-0.39, 0.29) is 41.6 Å². The number of carbonyl (C=O) groups is 4. The van der Waals surface area contributed by atoms with E-state index in [1.54, 1.807) is 11.0 Å². The molecule has 0 spiro atoms. The first kappa shape index (κ1) is 27.2. The normalized spacial score (nSPS) is 19.6. The van der Waals surface area contributed by atoms with Crippen molar-refractivity contribution in [2.24, 2.45) is 5.92 Å². The number of phenols is 1. The van der Waals surface area contributed by atoms with E-state index in [2.05, 4.69) is 10.3 Å². The molecule has 1 aromatic carbocycles. The lowest BCUT2D eigenvalue weighted by Gasteiger charge is -2.38. The molecule has 1 aliphatic carbocycles. The van der Waals surface area contributed by atoms with E-state index in [1.165, 1.54) is 23.2 Å². The second-order valence-corrected chi connectivity index (χ2v) is 11.0. The standard InChI is InChI=1S/C29H38N4O6/c34-21-8-9-22-23(17-30-24(22)16-21)27(36)29(38)33(18-25(35)32-12-4-5-13-32)26(19-6-2-1-3-7-19)28(37)31-20-10-14-39-15-11-20/h8-9,16-17,19-20,26,30,34H,1-7,10-15,18H2,(H,31,37)/t26-/m1/s1. The lowest BCUT2D eigenvalue weighted by atomic mass is 9.82. The fourth-order valence-electron chi connectivity index (χ4n) is 6.24. The Labute approximate surface area is 228 Å². The number of H-pyrrole nitrogens is 1. The predicted molar refractivity (Wildman–Crippen MR) is 144 cm³/mol. The molecule has 3 amide bonds. The number of nitrogens with zero attached hydrogens (tertiary/aromatic N) is 2. The van der Waals surface area contributed by atoms with Gasteiger partial charge in [-0.05, 0) is 56.6 Å². The van der Waals surface area contributed by atoms with Gasteiger partial charge in [0.05, 0.1) is 5.56 Å². The number of ether oxygens (including phenoxy) is 1. The van der Waals surface area contributed by atoms with Crippen LogP contribution in [0.25, 0.3) is 10.9 Å². The van der Waals surface area contributed by atoms with Crippen LogP contribution in [0.3, 0.4) is 0 Å². The molecule has 3 aliphatic rings. The van der Waals surface area contributed by atoms with Crippen LogP contribution in [0.2, 0.25) is 0 Å². The third-order valence-corrected chi connectivity index (χ3v) is 8.40. The van der Waals surface area contributed by atoms with Crippen LogP contribution in [-0.2, 0) is 19.1 Å². The van der Waals surface area contributed by atoms with Gasteiger partial charge in [-0.2, -0.15) is 0 Å². The van der Waals surface area contributed by atoms with Crippen molar-refractivity contribution >= 4 is 34.4 Å². The van der Waals surface area contributed by atoms with Crippen molar-refractivity contribution in [2.75, 3.05) is 32.8 Å². The van der Waals surface area contributed by atoms with Gasteiger partial charge >= 0.3 is 0 Å². The Morgan fingerprint density at radius 1 is 1.03 bits per heavy atom. The topological polar surface area (TPSA) is 132 Å². The number of carbonyl (C=O) groups excluding carboxylic acids is 4. The zero-order chi connectivity index (χ0) is 27.4. The van der Waals surface area contributed by atoms with Gasteiger partial charge < -0.3 is 29.9 Å². The highest BCUT2D eigenvalue weighted by Crippen LogP contribution is 2.31. The number of aromatic amines is 1. The Morgan fingerprint density at radius 3 is 2.46 bits per heavy atom. The van der Waals surface area contributed by atoms with Crippen LogP contribution in [0.15, 0.2) is 24.4 Å². The van der Waals surface area contributed by atoms with Crippen molar-refractivity contribution in [3.8, 4) is 5.75 Å². The summed E-state index contributed by atoms with van der Waals surface area (Å²) in [6.45, 7) is 2.04. The highest BCUT2D eigenvalue weighted by molar-refractivity contribution is 6.45. The Kier molecular flexibility index (Phi) is 8.50. The van der Waals surface area contributed by atoms with Crippen molar-refractivity contribution in [1.82, 2.24) is 20.1 Å². The Balaban J connectivity index is 1.47. The summed E-state index contributed by atoms with van der Waals surface area (Å²) in [5, 5.41) is 13.4. The minimum absolute atomic E-state index is 0.0367. The average molecular weight is 539 g/mol. The lowest BCUT2D eigenvalue weighted by molar-refractivity contribution is -0.145. The van der Waals surface area contributed by atoms with Crippen LogP contribution in [0.5, 0.6) is 5.75 Å². The number of ketones is 1. The summed E-state index contributed by atoms with van der Waals surface area (Å²) in [5.41, 5.74) is 0.674. The van der Waals surface area contributed by atoms with Crippen molar-refractivity contribution in [2.45, 2.75) is 69.9 Å². The molecule has 210 valence electrons. The SMILES string of the molecule is O=C(C(=O)N(CC(=O)N1CCCC1)[C@@H](C(=O)NC1CCOCC1)C1CCCCC1)c1c[nH]c2cc(O)ccc12. The minimum Gasteiger partial charge on any atom is -0.508 e. The Morgan fingerprint density at radius 2 is 1.74 bits per heavy atom. The van der Waals surface area contributed by atoms with E-state index < -0.39 is 17.7 Å². The van der Waals surface area contributed by atoms with E-state index in [0.717, 1.165) is 44.9 Å². The number of phenolic OH excluding ortho intramolecular Hbond substituents is 1. The molecule has 10 heteroatoms. The number of likely N-dealkylation sites (tertiary alicyclic amines) is 1. The van der Waals surface area contributed by atoms with Gasteiger partial charge in [-0.15, -0.1) is 0 Å². The molecule has 2 aromatic rings. The zero-order valence-electron chi connectivity index (χ0n) is 22.3. The number of amides is 3. The number of rotatable bonds is 8. The lowest BCUT2D eigenvalue weighted by Crippen LogP contribution is -2.59. The highest BCUT2D eigenvalue weighted by Gasteiger charge is 2.42. The van der Waals surface area contributed by atoms with Crippen molar-refractivity contribution in [3.63, 3.8) is 0 Å². The van der Waals surface area contributed by atoms with Crippen molar-refractivity contribution < 1.29 is 29.0 Å². The van der Waals surface area contributed by atoms with E-state index in [9.17, 15) is 24.3 Å². The monoisotopic (exact) mass is 538 g/mol. The van der Waals surface area contributed by atoms with Gasteiger partial charge in [0, 0.05) is 55.5 Å². The quantitative estimate of drug-likeness (QED) is 0.350. The minimum atomic E-state index is -0.912. The van der Waals surface area contributed by atoms with E-state index in [1.807, 2.05) is 0 Å². The van der Waals surface area contributed by atoms with Crippen LogP contribution < -0.4 is 5.32 Å². The summed E-state index contributed by atoms with van der Waals surface area (Å²) in [6.07, 6.45) is 9.07. The fourth-order valence-corrected chi connectivity index (χ4v) is 6.24. The smallest absolute Gasteiger partial charge is 0.296 e. The van der Waals surface area contributed by atoms with Gasteiger partial charge in [-0.25, -0.2) is 0 Å². The third-order valence-electron chi connectivity index (χ3n) is 8.40. The predicted octanol–water partition coefficient (Wildman–Crippen LogP) is 2.75. The summed E-state index contributed by atoms with van der Waals surface area (Å²) in [4.78, 5) is 60.9. The maximum Gasteiger partial charge on any atom is 0.296 e. The number of hydrogen-bond donors (Lipinski definition) is 3. The first-order valence-corrected chi connectivity index (χ1v) is 14.2. The molecule has 1 saturated carbocycles. The van der Waals surface area contributed by atoms with E-state index in [4.69, 9.17) is 4.74 Å². The fraction of sp³-hybridized carbons (Fsp3) is 0.586. The first-order valence-electron chi connectivity index (χ1n) is 14.2. The van der Waals surface area contributed by atoms with Crippen LogP contribution in [0.4, 0.5) is 0 Å². The van der Waals surface area contributed by atoms with Crippen molar-refractivity contribution in [1.29, 1.82) is 0 Å². The zero-order valence-corrected chi connectivity index (χ0v) is 22.3. The number of aromatic hydroxyl groups is 1. The molecule has 1 aromatic heterocycles. The Hall–Kier alpha value is -3.40. The first-order chi connectivity index (χ1) is 18.9. The largest absolute Gasteiger partial charge is 0.508 e. The van der Waals surface area contributed by atoms with E-state index in [0.29, 0.717) is 50.0 Å². The molecule has 1 atom stereocenters. The third kappa shape index (κ3) is 6.11. The molecule has 0 radical (unpaired) electrons. The maximum absolute atomic E-state index is 14.0. The number of Topliss-reactive ketones (excluding diaryl/α,β-unsaturated/α-hetero) is 1. The maximum atomic E-state index is 14.0. The summed E-state index contributed by atoms with van der Waals surface area (Å²) in [5.74, 6) is -2.27. The molecule has 0 bridgehead atoms. The van der Waals surface area contributed by atoms with Crippen molar-refractivity contribution in [3.05, 3.63) is 30.0 Å². The molecule has 39 heavy (non-hydrogen) atoms. The number of fused-ring (bicyclic) bond motifs is 1. The molecule has 0 unspecified atom stereocenters. The highest BCUT2D eigenvalue weighted by atomic mass is 16.5. The molecule has 5 rings (SSSR count). The molecule has 3 fully saturated rings. The molecule has 2 saturated heterocycles. The van der Waals surface area contributed by atoms with E-state index >= 15 is 0 Å². The van der Waals surface area contributed by atoms with Gasteiger partial charge in [-0.1, -0.05) is 19.3 Å². The summed E-state index contributed by atoms with van der Waals surface area (Å²) >= 11 is 0. The van der Waals surface area contributed by atoms with Gasteiger partial charge in [0.25, 0.3) is 11.7 Å². The second-order valence-electron chi connectivity index (χ2n) is 11.0. The summed E-state index contributed by atoms with van der Waals surface area (Å²) in [6, 6.07) is 3.54. The molecular formula is C29H38N4O6. The van der Waals surface area contributed by atoms with Crippen LogP contribution in [-0.4, -0.2) is 88.3 Å². The molecule has 3 heterocycles. The number of benzene rings is 1. The molecule has 3 N–H and O–H groups in total. The summed E-state index contributed by atoms with van der Waals surface area (Å²) in [7, 11) is 0. The van der Waals surface area contributed by atoms with Gasteiger partial charge in [-0.3, -0.25) is 19.2 Å². The van der Waals surface area contributed by atoms with Gasteiger partial charge in [0.2, 0.25) is 11.8 Å². The average Bonchev–Trinajstić information content (AvgIpc) is 3.63. The summed E-state index contributed by atoms with van der Waals surface area (Å²) < 4.78 is 5.44. The Bertz CT molecular complexity index is 1210. The number of hydrogen-bond acceptors (Lipinski definition) is 6. The van der Waals surface area contributed by atoms with Gasteiger partial charge in [0.1, 0.15) is 18.3 Å². The van der Waals surface area contributed by atoms with Gasteiger partial charge in [0.15, 0.2) is 0 Å². The molecule has 10 nitrogen and oxygen atoms in total. The van der Waals surface area contributed by atoms with Crippen LogP contribution in [0, 0.1) is 5.92 Å².